The van der Waals surface area contributed by atoms with E-state index >= 15 is 0 Å². The highest BCUT2D eigenvalue weighted by molar-refractivity contribution is 7.90. The van der Waals surface area contributed by atoms with Gasteiger partial charge >= 0.3 is 5.97 Å². The van der Waals surface area contributed by atoms with E-state index in [4.69, 9.17) is 5.11 Å². The summed E-state index contributed by atoms with van der Waals surface area (Å²) in [6.45, 7) is 1.68. The van der Waals surface area contributed by atoms with Crippen molar-refractivity contribution in [2.24, 2.45) is 11.3 Å². The van der Waals surface area contributed by atoms with Crippen LogP contribution in [0.2, 0.25) is 0 Å². The summed E-state index contributed by atoms with van der Waals surface area (Å²) in [5, 5.41) is 8.79. The van der Waals surface area contributed by atoms with Crippen LogP contribution in [-0.2, 0) is 19.4 Å². The van der Waals surface area contributed by atoms with Crippen LogP contribution in [0, 0.1) is 11.3 Å². The molecular formula is C12H21NO5S. The fraction of sp³-hybridized carbons (Fsp3) is 0.833. The van der Waals surface area contributed by atoms with Crippen molar-refractivity contribution in [2.45, 2.75) is 26.2 Å². The first kappa shape index (κ1) is 15.9. The van der Waals surface area contributed by atoms with Crippen LogP contribution in [0.15, 0.2) is 0 Å². The number of hydrogen-bond donors (Lipinski definition) is 1. The number of carboxylic acids is 1. The molecule has 0 aromatic carbocycles. The Morgan fingerprint density at radius 1 is 1.37 bits per heavy atom. The normalized spacial score (nSPS) is 18.7. The molecule has 1 N–H and O–H groups in total. The molecule has 1 unspecified atom stereocenters. The average molecular weight is 291 g/mol. The first-order valence-corrected chi connectivity index (χ1v) is 8.25. The van der Waals surface area contributed by atoms with E-state index in [1.54, 1.807) is 7.05 Å². The maximum atomic E-state index is 12.0. The van der Waals surface area contributed by atoms with Gasteiger partial charge in [-0.25, -0.2) is 8.42 Å². The second-order valence-electron chi connectivity index (χ2n) is 5.76. The lowest BCUT2D eigenvalue weighted by Crippen LogP contribution is -2.35. The van der Waals surface area contributed by atoms with Gasteiger partial charge in [0.15, 0.2) is 0 Å². The Morgan fingerprint density at radius 2 is 1.89 bits per heavy atom. The fourth-order valence-electron chi connectivity index (χ4n) is 2.15. The molecule has 0 radical (unpaired) electrons. The van der Waals surface area contributed by atoms with Gasteiger partial charge in [0.2, 0.25) is 5.91 Å². The summed E-state index contributed by atoms with van der Waals surface area (Å²) >= 11 is 0. The Morgan fingerprint density at radius 3 is 2.26 bits per heavy atom. The van der Waals surface area contributed by atoms with Crippen LogP contribution in [-0.4, -0.2) is 55.9 Å². The molecular weight excluding hydrogens is 270 g/mol. The Balaban J connectivity index is 2.53. The average Bonchev–Trinajstić information content (AvgIpc) is 2.94. The molecule has 1 aliphatic rings. The van der Waals surface area contributed by atoms with Crippen LogP contribution in [0.5, 0.6) is 0 Å². The van der Waals surface area contributed by atoms with Crippen LogP contribution in [0.4, 0.5) is 0 Å². The monoisotopic (exact) mass is 291 g/mol. The van der Waals surface area contributed by atoms with Crippen molar-refractivity contribution in [3.8, 4) is 0 Å². The van der Waals surface area contributed by atoms with Crippen LogP contribution >= 0.6 is 0 Å². The number of sulfone groups is 1. The van der Waals surface area contributed by atoms with Gasteiger partial charge in [-0.05, 0) is 18.3 Å². The quantitative estimate of drug-likeness (QED) is 0.732. The topological polar surface area (TPSA) is 91.8 Å². The minimum absolute atomic E-state index is 0.0358. The van der Waals surface area contributed by atoms with Crippen molar-refractivity contribution in [1.29, 1.82) is 0 Å². The number of carbonyl (C=O) groups is 2. The first-order chi connectivity index (χ1) is 8.55. The Labute approximate surface area is 113 Å². The highest BCUT2D eigenvalue weighted by Crippen LogP contribution is 2.50. The predicted molar refractivity (Wildman–Crippen MR) is 70.4 cm³/mol. The van der Waals surface area contributed by atoms with E-state index in [1.807, 2.05) is 0 Å². The molecule has 0 bridgehead atoms. The van der Waals surface area contributed by atoms with Crippen molar-refractivity contribution in [2.75, 3.05) is 25.6 Å². The molecule has 0 heterocycles. The number of nitrogens with zero attached hydrogens (tertiary/aromatic N) is 1. The summed E-state index contributed by atoms with van der Waals surface area (Å²) < 4.78 is 22.6. The first-order valence-electron chi connectivity index (χ1n) is 6.19. The largest absolute Gasteiger partial charge is 0.481 e. The van der Waals surface area contributed by atoms with E-state index in [0.29, 0.717) is 0 Å². The second kappa shape index (κ2) is 5.48. The molecule has 19 heavy (non-hydrogen) atoms. The van der Waals surface area contributed by atoms with Gasteiger partial charge in [-0.3, -0.25) is 9.59 Å². The van der Waals surface area contributed by atoms with Gasteiger partial charge in [-0.15, -0.1) is 0 Å². The minimum atomic E-state index is -3.09. The highest BCUT2D eigenvalue weighted by Gasteiger charge is 2.47. The number of amides is 1. The SMILES string of the molecule is CC(CN(C)C(=O)CC1(CS(C)(=O)=O)CC1)C(=O)O. The second-order valence-corrected chi connectivity index (χ2v) is 7.90. The van der Waals surface area contributed by atoms with Crippen molar-refractivity contribution >= 4 is 21.7 Å². The van der Waals surface area contributed by atoms with Crippen LogP contribution in [0.1, 0.15) is 26.2 Å². The van der Waals surface area contributed by atoms with E-state index in [2.05, 4.69) is 0 Å². The van der Waals surface area contributed by atoms with Gasteiger partial charge in [0, 0.05) is 26.3 Å². The fourth-order valence-corrected chi connectivity index (χ4v) is 3.65. The summed E-state index contributed by atoms with van der Waals surface area (Å²) in [6, 6.07) is 0. The molecule has 1 fully saturated rings. The van der Waals surface area contributed by atoms with E-state index in [1.165, 1.54) is 18.1 Å². The van der Waals surface area contributed by atoms with Gasteiger partial charge in [0.25, 0.3) is 0 Å². The number of rotatable bonds is 7. The van der Waals surface area contributed by atoms with Crippen molar-refractivity contribution in [1.82, 2.24) is 4.90 Å². The molecule has 0 aromatic heterocycles. The zero-order chi connectivity index (χ0) is 14.8. The number of aliphatic carboxylic acids is 1. The van der Waals surface area contributed by atoms with Crippen molar-refractivity contribution in [3.05, 3.63) is 0 Å². The Kier molecular flexibility index (Phi) is 4.60. The molecule has 6 nitrogen and oxygen atoms in total. The Bertz CT molecular complexity index is 467. The minimum Gasteiger partial charge on any atom is -0.481 e. The van der Waals surface area contributed by atoms with Crippen LogP contribution < -0.4 is 0 Å². The molecule has 1 aliphatic carbocycles. The van der Waals surface area contributed by atoms with Gasteiger partial charge in [-0.1, -0.05) is 6.92 Å². The third-order valence-electron chi connectivity index (χ3n) is 3.45. The molecule has 0 aliphatic heterocycles. The maximum absolute atomic E-state index is 12.0. The van der Waals surface area contributed by atoms with Crippen molar-refractivity contribution < 1.29 is 23.1 Å². The lowest BCUT2D eigenvalue weighted by molar-refractivity contribution is -0.142. The van der Waals surface area contributed by atoms with E-state index < -0.39 is 27.1 Å². The lowest BCUT2D eigenvalue weighted by atomic mass is 10.0. The number of carbonyl (C=O) groups excluding carboxylic acids is 1. The van der Waals surface area contributed by atoms with Crippen molar-refractivity contribution in [3.63, 3.8) is 0 Å². The summed E-state index contributed by atoms with van der Waals surface area (Å²) in [6.07, 6.45) is 2.85. The summed E-state index contributed by atoms with van der Waals surface area (Å²) in [7, 11) is -1.54. The van der Waals surface area contributed by atoms with Crippen LogP contribution in [0.3, 0.4) is 0 Å². The zero-order valence-corrected chi connectivity index (χ0v) is 12.4. The zero-order valence-electron chi connectivity index (χ0n) is 11.5. The molecule has 0 saturated heterocycles. The smallest absolute Gasteiger partial charge is 0.308 e. The highest BCUT2D eigenvalue weighted by atomic mass is 32.2. The summed E-state index contributed by atoms with van der Waals surface area (Å²) in [5.41, 5.74) is -0.411. The third-order valence-corrected chi connectivity index (χ3v) is 4.58. The summed E-state index contributed by atoms with van der Waals surface area (Å²) in [5.74, 6) is -1.72. The van der Waals surface area contributed by atoms with E-state index in [0.717, 1.165) is 12.8 Å². The van der Waals surface area contributed by atoms with E-state index in [9.17, 15) is 18.0 Å². The maximum Gasteiger partial charge on any atom is 0.308 e. The molecule has 7 heteroatoms. The standard InChI is InChI=1S/C12H21NO5S/c1-9(11(15)16)7-13(2)10(14)6-12(4-5-12)8-19(3,17)18/h9H,4-8H2,1-3H3,(H,15,16). The molecule has 1 saturated carbocycles. The third kappa shape index (κ3) is 5.18. The predicted octanol–water partition coefficient (Wildman–Crippen LogP) is 0.380. The molecule has 110 valence electrons. The lowest BCUT2D eigenvalue weighted by Gasteiger charge is -2.22. The van der Waals surface area contributed by atoms with Gasteiger partial charge in [0.05, 0.1) is 11.7 Å². The van der Waals surface area contributed by atoms with Crippen LogP contribution in [0.25, 0.3) is 0 Å². The van der Waals surface area contributed by atoms with E-state index in [-0.39, 0.29) is 24.6 Å². The molecule has 1 amide bonds. The number of carboxylic acid groups (broad SMARTS) is 1. The molecule has 1 atom stereocenters. The molecule has 1 rings (SSSR count). The van der Waals surface area contributed by atoms with Gasteiger partial charge < -0.3 is 10.0 Å². The molecule has 0 aromatic rings. The van der Waals surface area contributed by atoms with Gasteiger partial charge in [-0.2, -0.15) is 0 Å². The Hall–Kier alpha value is -1.11. The number of hydrogen-bond acceptors (Lipinski definition) is 4. The molecule has 0 spiro atoms. The summed E-state index contributed by atoms with van der Waals surface area (Å²) in [4.78, 5) is 24.1. The van der Waals surface area contributed by atoms with Gasteiger partial charge in [0.1, 0.15) is 9.84 Å².